The van der Waals surface area contributed by atoms with Crippen LogP contribution in [0.25, 0.3) is 0 Å². The van der Waals surface area contributed by atoms with Crippen molar-refractivity contribution in [3.05, 3.63) is 22.3 Å². The molecule has 3 rings (SSSR count). The molecular weight excluding hydrogens is 310 g/mol. The first-order valence-electron chi connectivity index (χ1n) is 6.45. The zero-order chi connectivity index (χ0) is 13.6. The highest BCUT2D eigenvalue weighted by Gasteiger charge is 2.43. The third-order valence-electron chi connectivity index (χ3n) is 3.95. The van der Waals surface area contributed by atoms with Crippen molar-refractivity contribution < 1.29 is 9.90 Å². The van der Waals surface area contributed by atoms with Crippen molar-refractivity contribution in [3.63, 3.8) is 0 Å². The average molecular weight is 326 g/mol. The Morgan fingerprint density at radius 3 is 2.53 bits per heavy atom. The second kappa shape index (κ2) is 4.67. The van der Waals surface area contributed by atoms with Crippen LogP contribution in [-0.2, 0) is 0 Å². The van der Waals surface area contributed by atoms with Crippen molar-refractivity contribution in [3.8, 4) is 0 Å². The predicted octanol–water partition coefficient (Wildman–Crippen LogP) is 2.48. The lowest BCUT2D eigenvalue weighted by atomic mass is 10.2. The average Bonchev–Trinajstić information content (AvgIpc) is 2.59. The van der Waals surface area contributed by atoms with Gasteiger partial charge in [-0.1, -0.05) is 0 Å². The van der Waals surface area contributed by atoms with Gasteiger partial charge < -0.3 is 10.0 Å². The third-order valence-corrected chi connectivity index (χ3v) is 4.36. The van der Waals surface area contributed by atoms with E-state index in [0.717, 1.165) is 41.9 Å². The van der Waals surface area contributed by atoms with Gasteiger partial charge in [0.1, 0.15) is 10.4 Å². The molecule has 2 aliphatic rings. The van der Waals surface area contributed by atoms with Crippen LogP contribution in [0.5, 0.6) is 0 Å². The molecule has 2 bridgehead atoms. The van der Waals surface area contributed by atoms with Gasteiger partial charge in [-0.2, -0.15) is 0 Å². The van der Waals surface area contributed by atoms with E-state index in [1.807, 2.05) is 13.0 Å². The number of carbonyl (C=O) groups is 1. The molecule has 2 aliphatic heterocycles. The minimum atomic E-state index is -0.787. The molecule has 5 nitrogen and oxygen atoms in total. The van der Waals surface area contributed by atoms with E-state index in [-0.39, 0.29) is 12.1 Å². The predicted molar refractivity (Wildman–Crippen MR) is 75.6 cm³/mol. The normalized spacial score (nSPS) is 25.8. The summed E-state index contributed by atoms with van der Waals surface area (Å²) < 4.78 is 0.829. The molecule has 1 amide bonds. The van der Waals surface area contributed by atoms with Crippen molar-refractivity contribution in [2.45, 2.75) is 31.8 Å². The Kier molecular flexibility index (Phi) is 3.12. The molecule has 2 unspecified atom stereocenters. The van der Waals surface area contributed by atoms with Crippen LogP contribution in [-0.4, -0.2) is 46.3 Å². The van der Waals surface area contributed by atoms with Gasteiger partial charge in [-0.05, 0) is 53.4 Å². The van der Waals surface area contributed by atoms with Crippen molar-refractivity contribution in [1.29, 1.82) is 0 Å². The van der Waals surface area contributed by atoms with Crippen molar-refractivity contribution in [1.82, 2.24) is 9.88 Å². The molecule has 1 aromatic heterocycles. The topological polar surface area (TPSA) is 56.7 Å². The zero-order valence-corrected chi connectivity index (χ0v) is 12.3. The maximum Gasteiger partial charge on any atom is 0.407 e. The molecule has 0 aromatic carbocycles. The molecule has 6 heteroatoms. The van der Waals surface area contributed by atoms with E-state index in [9.17, 15) is 9.90 Å². The number of piperazine rings is 1. The van der Waals surface area contributed by atoms with Gasteiger partial charge in [0, 0.05) is 13.1 Å². The van der Waals surface area contributed by atoms with Crippen molar-refractivity contribution >= 4 is 27.8 Å². The van der Waals surface area contributed by atoms with Crippen LogP contribution >= 0.6 is 15.9 Å². The molecule has 3 heterocycles. The van der Waals surface area contributed by atoms with E-state index in [4.69, 9.17) is 0 Å². The first kappa shape index (κ1) is 12.7. The molecule has 2 saturated heterocycles. The number of pyridine rings is 1. The summed E-state index contributed by atoms with van der Waals surface area (Å²) in [4.78, 5) is 19.6. The number of rotatable bonds is 1. The second-order valence-corrected chi connectivity index (χ2v) is 6.12. The summed E-state index contributed by atoms with van der Waals surface area (Å²) in [5.74, 6) is 0.939. The van der Waals surface area contributed by atoms with Gasteiger partial charge in [0.25, 0.3) is 0 Å². The molecule has 0 saturated carbocycles. The quantitative estimate of drug-likeness (QED) is 0.806. The van der Waals surface area contributed by atoms with Gasteiger partial charge in [-0.15, -0.1) is 0 Å². The highest BCUT2D eigenvalue weighted by atomic mass is 79.9. The Balaban J connectivity index is 1.84. The maximum absolute atomic E-state index is 11.3. The zero-order valence-electron chi connectivity index (χ0n) is 10.7. The molecule has 0 radical (unpaired) electrons. The minimum Gasteiger partial charge on any atom is -0.465 e. The lowest BCUT2D eigenvalue weighted by molar-refractivity contribution is 0.114. The Morgan fingerprint density at radius 2 is 2.00 bits per heavy atom. The Labute approximate surface area is 120 Å². The largest absolute Gasteiger partial charge is 0.465 e. The van der Waals surface area contributed by atoms with Gasteiger partial charge in [0.05, 0.1) is 12.1 Å². The molecule has 102 valence electrons. The van der Waals surface area contributed by atoms with Crippen molar-refractivity contribution in [2.24, 2.45) is 0 Å². The number of nitrogens with zero attached hydrogens (tertiary/aromatic N) is 3. The maximum atomic E-state index is 11.3. The van der Waals surface area contributed by atoms with Gasteiger partial charge in [-0.25, -0.2) is 9.78 Å². The molecule has 19 heavy (non-hydrogen) atoms. The van der Waals surface area contributed by atoms with Gasteiger partial charge >= 0.3 is 6.09 Å². The summed E-state index contributed by atoms with van der Waals surface area (Å²) in [6, 6.07) is 4.25. The number of amides is 1. The summed E-state index contributed by atoms with van der Waals surface area (Å²) in [6.45, 7) is 3.52. The summed E-state index contributed by atoms with van der Waals surface area (Å²) in [5, 5.41) is 9.25. The van der Waals surface area contributed by atoms with Gasteiger partial charge in [0.2, 0.25) is 0 Å². The Hall–Kier alpha value is -1.30. The monoisotopic (exact) mass is 325 g/mol. The van der Waals surface area contributed by atoms with Crippen LogP contribution in [0.3, 0.4) is 0 Å². The fourth-order valence-corrected chi connectivity index (χ4v) is 3.71. The van der Waals surface area contributed by atoms with E-state index >= 15 is 0 Å². The molecular formula is C13H16BrN3O2. The highest BCUT2D eigenvalue weighted by molar-refractivity contribution is 9.10. The van der Waals surface area contributed by atoms with Crippen LogP contribution in [0, 0.1) is 6.92 Å². The number of carboxylic acid groups (broad SMARTS) is 1. The number of hydrogen-bond donors (Lipinski definition) is 1. The first-order valence-corrected chi connectivity index (χ1v) is 7.24. The van der Waals surface area contributed by atoms with Crippen LogP contribution in [0.1, 0.15) is 18.4 Å². The lowest BCUT2D eigenvalue weighted by Gasteiger charge is -2.40. The molecule has 1 aromatic rings. The van der Waals surface area contributed by atoms with Crippen molar-refractivity contribution in [2.75, 3.05) is 18.0 Å². The smallest absolute Gasteiger partial charge is 0.407 e. The Bertz CT molecular complexity index is 488. The van der Waals surface area contributed by atoms with Crippen LogP contribution in [0.4, 0.5) is 10.6 Å². The number of hydrogen-bond acceptors (Lipinski definition) is 3. The Morgan fingerprint density at radius 1 is 1.37 bits per heavy atom. The first-order chi connectivity index (χ1) is 9.04. The number of aromatic nitrogens is 1. The molecule has 2 fully saturated rings. The molecule has 0 spiro atoms. The van der Waals surface area contributed by atoms with Crippen LogP contribution in [0.2, 0.25) is 0 Å². The van der Waals surface area contributed by atoms with E-state index in [0.29, 0.717) is 0 Å². The van der Waals surface area contributed by atoms with E-state index in [1.54, 1.807) is 4.90 Å². The fourth-order valence-electron chi connectivity index (χ4n) is 3.17. The minimum absolute atomic E-state index is 0.109. The van der Waals surface area contributed by atoms with Crippen LogP contribution < -0.4 is 4.90 Å². The SMILES string of the molecule is Cc1cc(Br)nc(N2CC3CCC(C2)N3C(=O)O)c1. The third kappa shape index (κ3) is 2.29. The fraction of sp³-hybridized carbons (Fsp3) is 0.538. The summed E-state index contributed by atoms with van der Waals surface area (Å²) >= 11 is 3.42. The molecule has 1 N–H and O–H groups in total. The van der Waals surface area contributed by atoms with Gasteiger partial charge in [-0.3, -0.25) is 4.90 Å². The number of halogens is 1. The molecule has 0 aliphatic carbocycles. The highest BCUT2D eigenvalue weighted by Crippen LogP contribution is 2.32. The van der Waals surface area contributed by atoms with E-state index in [2.05, 4.69) is 31.9 Å². The number of aryl methyl sites for hydroxylation is 1. The lowest BCUT2D eigenvalue weighted by Crippen LogP contribution is -2.55. The van der Waals surface area contributed by atoms with E-state index < -0.39 is 6.09 Å². The number of anilines is 1. The summed E-state index contributed by atoms with van der Waals surface area (Å²) in [5.41, 5.74) is 1.16. The molecule has 2 atom stereocenters. The second-order valence-electron chi connectivity index (χ2n) is 5.31. The number of fused-ring (bicyclic) bond motifs is 2. The van der Waals surface area contributed by atoms with E-state index in [1.165, 1.54) is 0 Å². The summed E-state index contributed by atoms with van der Waals surface area (Å²) in [6.07, 6.45) is 1.13. The van der Waals surface area contributed by atoms with Crippen LogP contribution in [0.15, 0.2) is 16.7 Å². The standard InChI is InChI=1S/C13H16BrN3O2/c1-8-4-11(14)15-12(5-8)16-6-9-2-3-10(7-16)17(9)13(18)19/h4-5,9-10H,2-3,6-7H2,1H3,(H,18,19). The summed E-state index contributed by atoms with van der Waals surface area (Å²) in [7, 11) is 0. The van der Waals surface area contributed by atoms with Gasteiger partial charge in [0.15, 0.2) is 0 Å².